The Kier molecular flexibility index (Phi) is 3.93. The Bertz CT molecular complexity index is 548. The lowest BCUT2D eigenvalue weighted by Crippen LogP contribution is -2.46. The van der Waals surface area contributed by atoms with Crippen LogP contribution in [0.1, 0.15) is 25.6 Å². The van der Waals surface area contributed by atoms with E-state index in [2.05, 4.69) is 9.97 Å². The first-order chi connectivity index (χ1) is 9.68. The molecule has 0 aliphatic carbocycles. The smallest absolute Gasteiger partial charge is 0.384 e. The average Bonchev–Trinajstić information content (AvgIpc) is 2.37. The topological polar surface area (TPSA) is 98.1 Å². The van der Waals surface area contributed by atoms with Crippen molar-refractivity contribution < 1.29 is 18.0 Å². The number of carbonyl (C=O) groups is 1. The third-order valence-electron chi connectivity index (χ3n) is 3.56. The molecule has 0 radical (unpaired) electrons. The van der Waals surface area contributed by atoms with E-state index >= 15 is 0 Å². The van der Waals surface area contributed by atoms with E-state index in [0.29, 0.717) is 12.8 Å². The number of primary amides is 1. The third-order valence-corrected chi connectivity index (χ3v) is 3.56. The van der Waals surface area contributed by atoms with Gasteiger partial charge in [-0.25, -0.2) is 9.97 Å². The summed E-state index contributed by atoms with van der Waals surface area (Å²) >= 11 is 0. The fourth-order valence-corrected chi connectivity index (χ4v) is 2.38. The van der Waals surface area contributed by atoms with Gasteiger partial charge in [-0.05, 0) is 19.8 Å². The number of piperidine rings is 1. The number of nitrogens with two attached hydrogens (primary N) is 2. The monoisotopic (exact) mass is 303 g/mol. The molecule has 0 bridgehead atoms. The lowest BCUT2D eigenvalue weighted by atomic mass is 9.93. The van der Waals surface area contributed by atoms with Gasteiger partial charge in [-0.2, -0.15) is 13.2 Å². The molecule has 21 heavy (non-hydrogen) atoms. The molecule has 1 aliphatic rings. The van der Waals surface area contributed by atoms with Crippen molar-refractivity contribution in [1.29, 1.82) is 0 Å². The third kappa shape index (κ3) is 3.34. The van der Waals surface area contributed by atoms with Crippen LogP contribution in [0.5, 0.6) is 0 Å². The Balaban J connectivity index is 2.35. The Morgan fingerprint density at radius 3 is 2.62 bits per heavy atom. The molecule has 1 aromatic heterocycles. The highest BCUT2D eigenvalue weighted by molar-refractivity contribution is 5.77. The largest absolute Gasteiger partial charge is 0.451 e. The van der Waals surface area contributed by atoms with Gasteiger partial charge in [0.1, 0.15) is 11.6 Å². The fraction of sp³-hybridized carbons (Fsp3) is 0.583. The zero-order chi connectivity index (χ0) is 15.8. The molecule has 4 N–H and O–H groups in total. The zero-order valence-electron chi connectivity index (χ0n) is 11.4. The first kappa shape index (κ1) is 15.3. The molecule has 9 heteroatoms. The number of amides is 1. The Morgan fingerprint density at radius 1 is 1.38 bits per heavy atom. The van der Waals surface area contributed by atoms with Gasteiger partial charge in [0.05, 0.1) is 5.92 Å². The van der Waals surface area contributed by atoms with Crippen LogP contribution in [-0.4, -0.2) is 28.5 Å². The predicted molar refractivity (Wildman–Crippen MR) is 70.2 cm³/mol. The van der Waals surface area contributed by atoms with E-state index in [4.69, 9.17) is 11.5 Å². The normalized spacial score (nSPS) is 23.1. The van der Waals surface area contributed by atoms with E-state index in [9.17, 15) is 18.0 Å². The van der Waals surface area contributed by atoms with Crippen LogP contribution < -0.4 is 16.4 Å². The maximum atomic E-state index is 12.7. The maximum absolute atomic E-state index is 12.7. The van der Waals surface area contributed by atoms with Crippen LogP contribution in [0.2, 0.25) is 0 Å². The summed E-state index contributed by atoms with van der Waals surface area (Å²) in [7, 11) is 0. The summed E-state index contributed by atoms with van der Waals surface area (Å²) in [6.45, 7) is 2.08. The van der Waals surface area contributed by atoms with Crippen LogP contribution in [0.15, 0.2) is 6.07 Å². The SMILES string of the molecule is CC1CCC(C(N)=O)CN1c1cc(N)nc(C(F)(F)F)n1. The van der Waals surface area contributed by atoms with Gasteiger partial charge in [0, 0.05) is 18.7 Å². The van der Waals surface area contributed by atoms with Crippen molar-refractivity contribution in [2.24, 2.45) is 11.7 Å². The number of nitrogen functional groups attached to an aromatic ring is 1. The molecule has 1 aliphatic heterocycles. The van der Waals surface area contributed by atoms with E-state index in [-0.39, 0.29) is 24.2 Å². The van der Waals surface area contributed by atoms with Crippen LogP contribution in [-0.2, 0) is 11.0 Å². The van der Waals surface area contributed by atoms with Gasteiger partial charge >= 0.3 is 6.18 Å². The lowest BCUT2D eigenvalue weighted by molar-refractivity contribution is -0.144. The van der Waals surface area contributed by atoms with Gasteiger partial charge in [-0.15, -0.1) is 0 Å². The molecular weight excluding hydrogens is 287 g/mol. The van der Waals surface area contributed by atoms with Crippen molar-refractivity contribution in [3.05, 3.63) is 11.9 Å². The Morgan fingerprint density at radius 2 is 2.05 bits per heavy atom. The molecule has 0 saturated carbocycles. The summed E-state index contributed by atoms with van der Waals surface area (Å²) in [5.74, 6) is -2.36. The van der Waals surface area contributed by atoms with Crippen LogP contribution in [0.3, 0.4) is 0 Å². The number of alkyl halides is 3. The van der Waals surface area contributed by atoms with E-state index in [0.717, 1.165) is 0 Å². The first-order valence-electron chi connectivity index (χ1n) is 6.46. The summed E-state index contributed by atoms with van der Waals surface area (Å²) in [4.78, 5) is 19.6. The minimum absolute atomic E-state index is 0.0593. The van der Waals surface area contributed by atoms with Crippen molar-refractivity contribution in [3.8, 4) is 0 Å². The van der Waals surface area contributed by atoms with Crippen molar-refractivity contribution in [2.75, 3.05) is 17.2 Å². The fourth-order valence-electron chi connectivity index (χ4n) is 2.38. The van der Waals surface area contributed by atoms with Crippen LogP contribution in [0.25, 0.3) is 0 Å². The second-order valence-corrected chi connectivity index (χ2v) is 5.15. The van der Waals surface area contributed by atoms with Gasteiger partial charge < -0.3 is 16.4 Å². The number of hydrogen-bond acceptors (Lipinski definition) is 5. The minimum atomic E-state index is -4.67. The minimum Gasteiger partial charge on any atom is -0.384 e. The quantitative estimate of drug-likeness (QED) is 0.854. The average molecular weight is 303 g/mol. The van der Waals surface area contributed by atoms with E-state index in [1.165, 1.54) is 6.07 Å². The second-order valence-electron chi connectivity index (χ2n) is 5.15. The number of halogens is 3. The highest BCUT2D eigenvalue weighted by Crippen LogP contribution is 2.31. The molecule has 0 spiro atoms. The van der Waals surface area contributed by atoms with Gasteiger partial charge in [0.25, 0.3) is 0 Å². The lowest BCUT2D eigenvalue weighted by Gasteiger charge is -2.37. The van der Waals surface area contributed by atoms with Crippen LogP contribution >= 0.6 is 0 Å². The number of carbonyl (C=O) groups excluding carboxylic acids is 1. The van der Waals surface area contributed by atoms with Gasteiger partial charge in [0.2, 0.25) is 11.7 Å². The van der Waals surface area contributed by atoms with Gasteiger partial charge in [-0.1, -0.05) is 0 Å². The predicted octanol–water partition coefficient (Wildman–Crippen LogP) is 1.17. The van der Waals surface area contributed by atoms with Crippen molar-refractivity contribution in [3.63, 3.8) is 0 Å². The van der Waals surface area contributed by atoms with Crippen molar-refractivity contribution in [2.45, 2.75) is 32.0 Å². The first-order valence-corrected chi connectivity index (χ1v) is 6.46. The summed E-state index contributed by atoms with van der Waals surface area (Å²) < 4.78 is 38.2. The van der Waals surface area contributed by atoms with Gasteiger partial charge in [0.15, 0.2) is 0 Å². The number of aromatic nitrogens is 2. The second kappa shape index (κ2) is 5.38. The molecule has 116 valence electrons. The molecule has 2 atom stereocenters. The van der Waals surface area contributed by atoms with Gasteiger partial charge in [-0.3, -0.25) is 4.79 Å². The van der Waals surface area contributed by atoms with E-state index in [1.807, 2.05) is 6.92 Å². The summed E-state index contributed by atoms with van der Waals surface area (Å²) in [6.07, 6.45) is -3.43. The Hall–Kier alpha value is -2.06. The zero-order valence-corrected chi connectivity index (χ0v) is 11.4. The molecular formula is C12H16F3N5O. The maximum Gasteiger partial charge on any atom is 0.451 e. The summed E-state index contributed by atoms with van der Waals surface area (Å²) in [5.41, 5.74) is 10.7. The molecule has 6 nitrogen and oxygen atoms in total. The summed E-state index contributed by atoms with van der Waals surface area (Å²) in [5, 5.41) is 0. The molecule has 2 heterocycles. The highest BCUT2D eigenvalue weighted by Gasteiger charge is 2.37. The summed E-state index contributed by atoms with van der Waals surface area (Å²) in [6, 6.07) is 1.21. The van der Waals surface area contributed by atoms with Crippen LogP contribution in [0.4, 0.5) is 24.8 Å². The molecule has 1 saturated heterocycles. The molecule has 1 aromatic rings. The number of hydrogen-bond donors (Lipinski definition) is 2. The standard InChI is InChI=1S/C12H16F3N5O/c1-6-2-3-7(10(17)21)5-20(6)9-4-8(16)18-11(19-9)12(13,14)15/h4,6-7H,2-3,5H2,1H3,(H2,17,21)(H2,16,18,19). The van der Waals surface area contributed by atoms with E-state index in [1.54, 1.807) is 4.90 Å². The number of rotatable bonds is 2. The highest BCUT2D eigenvalue weighted by atomic mass is 19.4. The molecule has 1 fully saturated rings. The van der Waals surface area contributed by atoms with E-state index < -0.39 is 23.8 Å². The number of anilines is 2. The number of nitrogens with zero attached hydrogens (tertiary/aromatic N) is 3. The van der Waals surface area contributed by atoms with Crippen molar-refractivity contribution >= 4 is 17.5 Å². The van der Waals surface area contributed by atoms with Crippen LogP contribution in [0, 0.1) is 5.92 Å². The molecule has 0 aromatic carbocycles. The molecule has 2 rings (SSSR count). The van der Waals surface area contributed by atoms with Crippen molar-refractivity contribution in [1.82, 2.24) is 9.97 Å². The molecule has 2 unspecified atom stereocenters. The Labute approximate surface area is 119 Å². The molecule has 1 amide bonds.